The van der Waals surface area contributed by atoms with Crippen molar-refractivity contribution in [2.75, 3.05) is 26.9 Å². The van der Waals surface area contributed by atoms with Crippen LogP contribution in [0.2, 0.25) is 0 Å². The van der Waals surface area contributed by atoms with Crippen LogP contribution in [0.1, 0.15) is 13.3 Å². The molecule has 2 rings (SSSR count). The smallest absolute Gasteiger partial charge is 0.256 e. The number of carbonyl (C=O) groups excluding carboxylic acids is 2. The lowest BCUT2D eigenvalue weighted by molar-refractivity contribution is -0.142. The highest BCUT2D eigenvalue weighted by molar-refractivity contribution is 6.15. The van der Waals surface area contributed by atoms with Gasteiger partial charge in [0.25, 0.3) is 11.8 Å². The number of hydrogen-bond donors (Lipinski definition) is 0. The van der Waals surface area contributed by atoms with E-state index in [-0.39, 0.29) is 18.4 Å². The Morgan fingerprint density at radius 1 is 1.56 bits per heavy atom. The minimum atomic E-state index is -0.524. The monoisotopic (exact) mass is 225 g/mol. The Balaban J connectivity index is 2.10. The summed E-state index contributed by atoms with van der Waals surface area (Å²) in [6, 6.07) is 0. The fourth-order valence-corrected chi connectivity index (χ4v) is 2.01. The molecular weight excluding hydrogens is 210 g/mol. The molecule has 0 aromatic rings. The van der Waals surface area contributed by atoms with E-state index in [1.807, 2.05) is 0 Å². The summed E-state index contributed by atoms with van der Waals surface area (Å²) in [6.45, 7) is 2.95. The average Bonchev–Trinajstić information content (AvgIpc) is 2.81. The van der Waals surface area contributed by atoms with Gasteiger partial charge in [0.2, 0.25) is 0 Å². The largest absolute Gasteiger partial charge is 0.378 e. The third-order valence-corrected chi connectivity index (χ3v) is 3.13. The molecule has 2 aliphatic heterocycles. The summed E-state index contributed by atoms with van der Waals surface area (Å²) in [5.74, 6) is -0.487. The second kappa shape index (κ2) is 3.99. The van der Waals surface area contributed by atoms with Crippen LogP contribution in [0.25, 0.3) is 0 Å². The maximum Gasteiger partial charge on any atom is 0.256 e. The predicted octanol–water partition coefficient (Wildman–Crippen LogP) is 0.107. The molecule has 0 saturated carbocycles. The van der Waals surface area contributed by atoms with Gasteiger partial charge in [0, 0.05) is 31.8 Å². The molecule has 0 N–H and O–H groups in total. The van der Waals surface area contributed by atoms with Crippen LogP contribution >= 0.6 is 0 Å². The van der Waals surface area contributed by atoms with Gasteiger partial charge in [-0.2, -0.15) is 0 Å². The zero-order valence-corrected chi connectivity index (χ0v) is 9.49. The van der Waals surface area contributed by atoms with Crippen LogP contribution in [-0.2, 0) is 19.1 Å². The molecule has 0 aromatic carbocycles. The number of rotatable bonds is 3. The van der Waals surface area contributed by atoms with Gasteiger partial charge < -0.3 is 9.47 Å². The molecule has 1 fully saturated rings. The van der Waals surface area contributed by atoms with Crippen molar-refractivity contribution in [1.29, 1.82) is 0 Å². The first kappa shape index (κ1) is 11.3. The van der Waals surface area contributed by atoms with Crippen LogP contribution in [0.3, 0.4) is 0 Å². The number of imide groups is 1. The predicted molar refractivity (Wildman–Crippen MR) is 55.7 cm³/mol. The number of carbonyl (C=O) groups is 2. The highest BCUT2D eigenvalue weighted by Gasteiger charge is 2.41. The molecule has 0 bridgehead atoms. The zero-order chi connectivity index (χ0) is 11.8. The van der Waals surface area contributed by atoms with E-state index in [2.05, 4.69) is 0 Å². The van der Waals surface area contributed by atoms with E-state index in [9.17, 15) is 9.59 Å². The third kappa shape index (κ3) is 1.76. The van der Waals surface area contributed by atoms with Crippen LogP contribution in [0.4, 0.5) is 0 Å². The molecule has 5 heteroatoms. The van der Waals surface area contributed by atoms with E-state index in [0.29, 0.717) is 25.2 Å². The summed E-state index contributed by atoms with van der Waals surface area (Å²) >= 11 is 0. The van der Waals surface area contributed by atoms with E-state index in [4.69, 9.17) is 9.47 Å². The van der Waals surface area contributed by atoms with Crippen molar-refractivity contribution in [2.45, 2.75) is 18.9 Å². The highest BCUT2D eigenvalue weighted by atomic mass is 16.5. The second-order valence-electron chi connectivity index (χ2n) is 4.25. The summed E-state index contributed by atoms with van der Waals surface area (Å²) < 4.78 is 10.7. The number of amides is 2. The molecule has 5 nitrogen and oxygen atoms in total. The van der Waals surface area contributed by atoms with Gasteiger partial charge in [-0.1, -0.05) is 0 Å². The van der Waals surface area contributed by atoms with Crippen molar-refractivity contribution >= 4 is 11.8 Å². The molecule has 16 heavy (non-hydrogen) atoms. The van der Waals surface area contributed by atoms with Crippen molar-refractivity contribution in [3.63, 3.8) is 0 Å². The van der Waals surface area contributed by atoms with Gasteiger partial charge in [-0.05, 0) is 6.92 Å². The summed E-state index contributed by atoms with van der Waals surface area (Å²) in [7, 11) is 1.58. The van der Waals surface area contributed by atoms with E-state index in [1.165, 1.54) is 11.0 Å². The first-order valence-electron chi connectivity index (χ1n) is 5.25. The Hall–Kier alpha value is -1.20. The van der Waals surface area contributed by atoms with Crippen LogP contribution in [0.5, 0.6) is 0 Å². The van der Waals surface area contributed by atoms with Crippen molar-refractivity contribution in [1.82, 2.24) is 4.90 Å². The molecule has 2 heterocycles. The topological polar surface area (TPSA) is 55.8 Å². The molecule has 1 atom stereocenters. The van der Waals surface area contributed by atoms with Gasteiger partial charge in [-0.25, -0.2) is 0 Å². The fourth-order valence-electron chi connectivity index (χ4n) is 2.01. The maximum atomic E-state index is 11.7. The molecule has 0 radical (unpaired) electrons. The minimum absolute atomic E-state index is 0.228. The zero-order valence-electron chi connectivity index (χ0n) is 9.49. The lowest BCUT2D eigenvalue weighted by Crippen LogP contribution is -2.47. The van der Waals surface area contributed by atoms with Crippen LogP contribution < -0.4 is 0 Å². The van der Waals surface area contributed by atoms with E-state index in [0.717, 1.165) is 0 Å². The van der Waals surface area contributed by atoms with Crippen molar-refractivity contribution in [2.24, 2.45) is 0 Å². The van der Waals surface area contributed by atoms with Crippen molar-refractivity contribution in [3.05, 3.63) is 11.6 Å². The summed E-state index contributed by atoms with van der Waals surface area (Å²) in [5, 5.41) is 0. The Morgan fingerprint density at radius 2 is 2.31 bits per heavy atom. The highest BCUT2D eigenvalue weighted by Crippen LogP contribution is 2.26. The Kier molecular flexibility index (Phi) is 2.82. The molecule has 88 valence electrons. The summed E-state index contributed by atoms with van der Waals surface area (Å²) in [4.78, 5) is 24.5. The first-order chi connectivity index (χ1) is 7.58. The van der Waals surface area contributed by atoms with Gasteiger partial charge >= 0.3 is 0 Å². The van der Waals surface area contributed by atoms with E-state index in [1.54, 1.807) is 14.0 Å². The normalized spacial score (nSPS) is 30.1. The van der Waals surface area contributed by atoms with Gasteiger partial charge in [-0.3, -0.25) is 14.5 Å². The Labute approximate surface area is 94.0 Å². The molecular formula is C11H15NO4. The van der Waals surface area contributed by atoms with Crippen LogP contribution in [-0.4, -0.2) is 49.2 Å². The molecule has 1 unspecified atom stereocenters. The van der Waals surface area contributed by atoms with Gasteiger partial charge in [0.1, 0.15) is 5.60 Å². The SMILES string of the molecule is COC1(CN2C(=O)C=C(C)C2=O)CCOC1. The Morgan fingerprint density at radius 3 is 2.75 bits per heavy atom. The van der Waals surface area contributed by atoms with E-state index >= 15 is 0 Å². The van der Waals surface area contributed by atoms with E-state index < -0.39 is 5.60 Å². The number of methoxy groups -OCH3 is 1. The van der Waals surface area contributed by atoms with Crippen molar-refractivity contribution < 1.29 is 19.1 Å². The first-order valence-corrected chi connectivity index (χ1v) is 5.25. The quantitative estimate of drug-likeness (QED) is 0.639. The molecule has 0 spiro atoms. The maximum absolute atomic E-state index is 11.7. The lowest BCUT2D eigenvalue weighted by Gasteiger charge is -2.29. The number of nitrogens with zero attached hydrogens (tertiary/aromatic N) is 1. The molecule has 2 aliphatic rings. The van der Waals surface area contributed by atoms with Crippen molar-refractivity contribution in [3.8, 4) is 0 Å². The number of hydrogen-bond acceptors (Lipinski definition) is 4. The molecule has 0 aliphatic carbocycles. The Bertz CT molecular complexity index is 355. The standard InChI is InChI=1S/C11H15NO4/c1-8-5-9(13)12(10(8)14)6-11(15-2)3-4-16-7-11/h5H,3-4,6-7H2,1-2H3. The summed E-state index contributed by atoms with van der Waals surface area (Å²) in [5.41, 5.74) is -0.0424. The number of ether oxygens (including phenoxy) is 2. The average molecular weight is 225 g/mol. The van der Waals surface area contributed by atoms with Gasteiger partial charge in [0.05, 0.1) is 13.2 Å². The fraction of sp³-hybridized carbons (Fsp3) is 0.636. The van der Waals surface area contributed by atoms with Crippen LogP contribution in [0.15, 0.2) is 11.6 Å². The minimum Gasteiger partial charge on any atom is -0.378 e. The summed E-state index contributed by atoms with van der Waals surface area (Å²) in [6.07, 6.45) is 2.07. The molecule has 1 saturated heterocycles. The molecule has 0 aromatic heterocycles. The lowest BCUT2D eigenvalue weighted by atomic mass is 10.0. The van der Waals surface area contributed by atoms with Gasteiger partial charge in [0.15, 0.2) is 0 Å². The van der Waals surface area contributed by atoms with Crippen LogP contribution in [0, 0.1) is 0 Å². The van der Waals surface area contributed by atoms with Gasteiger partial charge in [-0.15, -0.1) is 0 Å². The third-order valence-electron chi connectivity index (χ3n) is 3.13. The molecule has 2 amide bonds. The second-order valence-corrected chi connectivity index (χ2v) is 4.25.